The van der Waals surface area contributed by atoms with Gasteiger partial charge >= 0.3 is 0 Å². The minimum Gasteiger partial charge on any atom is -0.361 e. The third kappa shape index (κ3) is 3.08. The van der Waals surface area contributed by atoms with Crippen LogP contribution in [0.15, 0.2) is 16.7 Å². The number of aromatic nitrogens is 4. The van der Waals surface area contributed by atoms with Crippen LogP contribution in [0, 0.1) is 0 Å². The molecule has 8 nitrogen and oxygen atoms in total. The lowest BCUT2D eigenvalue weighted by molar-refractivity contribution is 0.0721. The molecule has 1 aliphatic heterocycles. The number of carbonyl (C=O) groups is 1. The van der Waals surface area contributed by atoms with Crippen molar-refractivity contribution in [3.8, 4) is 0 Å². The number of rotatable bonds is 4. The molecule has 3 rings (SSSR count). The van der Waals surface area contributed by atoms with Crippen LogP contribution in [0.3, 0.4) is 0 Å². The fourth-order valence-electron chi connectivity index (χ4n) is 2.72. The van der Waals surface area contributed by atoms with Gasteiger partial charge < -0.3 is 14.3 Å². The number of anilines is 1. The van der Waals surface area contributed by atoms with Crippen molar-refractivity contribution < 1.29 is 9.32 Å². The maximum absolute atomic E-state index is 12.8. The monoisotopic (exact) mass is 330 g/mol. The van der Waals surface area contributed by atoms with Crippen LogP contribution < -0.4 is 4.90 Å². The van der Waals surface area contributed by atoms with Gasteiger partial charge in [-0.25, -0.2) is 0 Å². The van der Waals surface area contributed by atoms with E-state index in [4.69, 9.17) is 4.52 Å². The van der Waals surface area contributed by atoms with Crippen molar-refractivity contribution in [2.45, 2.75) is 38.6 Å². The Labute approximate surface area is 140 Å². The SMILES string of the molecule is CC(C)c1nc(C2CCCN2C(=O)c2ccc(N(C)C)nn2)no1. The van der Waals surface area contributed by atoms with Gasteiger partial charge in [0.25, 0.3) is 5.91 Å². The molecule has 1 atom stereocenters. The Morgan fingerprint density at radius 1 is 1.33 bits per heavy atom. The van der Waals surface area contributed by atoms with Crippen LogP contribution in [-0.2, 0) is 0 Å². The first kappa shape index (κ1) is 16.4. The van der Waals surface area contributed by atoms with E-state index in [1.165, 1.54) is 0 Å². The average molecular weight is 330 g/mol. The van der Waals surface area contributed by atoms with Crippen molar-refractivity contribution in [3.05, 3.63) is 29.5 Å². The van der Waals surface area contributed by atoms with Gasteiger partial charge in [0.05, 0.1) is 6.04 Å². The van der Waals surface area contributed by atoms with Crippen molar-refractivity contribution >= 4 is 11.7 Å². The third-order valence-electron chi connectivity index (χ3n) is 4.09. The molecular formula is C16H22N6O2. The largest absolute Gasteiger partial charge is 0.361 e. The Morgan fingerprint density at radius 3 is 2.71 bits per heavy atom. The van der Waals surface area contributed by atoms with Gasteiger partial charge in [0.1, 0.15) is 0 Å². The molecule has 0 spiro atoms. The molecular weight excluding hydrogens is 308 g/mol. The quantitative estimate of drug-likeness (QED) is 0.847. The second-order valence-electron chi connectivity index (χ2n) is 6.47. The lowest BCUT2D eigenvalue weighted by atomic mass is 10.2. The highest BCUT2D eigenvalue weighted by Gasteiger charge is 2.34. The zero-order valence-corrected chi connectivity index (χ0v) is 14.4. The van der Waals surface area contributed by atoms with Crippen molar-refractivity contribution in [3.63, 3.8) is 0 Å². The zero-order chi connectivity index (χ0) is 17.3. The normalized spacial score (nSPS) is 17.5. The summed E-state index contributed by atoms with van der Waals surface area (Å²) >= 11 is 0. The van der Waals surface area contributed by atoms with Crippen molar-refractivity contribution in [1.29, 1.82) is 0 Å². The molecule has 0 radical (unpaired) electrons. The van der Waals surface area contributed by atoms with Gasteiger partial charge in [-0.05, 0) is 25.0 Å². The number of hydrogen-bond acceptors (Lipinski definition) is 7. The summed E-state index contributed by atoms with van der Waals surface area (Å²) in [5.74, 6) is 1.90. The molecule has 2 aromatic rings. The Morgan fingerprint density at radius 2 is 2.12 bits per heavy atom. The molecule has 128 valence electrons. The van der Waals surface area contributed by atoms with Crippen LogP contribution in [0.5, 0.6) is 0 Å². The fraction of sp³-hybridized carbons (Fsp3) is 0.562. The summed E-state index contributed by atoms with van der Waals surface area (Å²) < 4.78 is 5.28. The molecule has 8 heteroatoms. The highest BCUT2D eigenvalue weighted by Crippen LogP contribution is 2.31. The second kappa shape index (κ2) is 6.54. The number of nitrogens with zero attached hydrogens (tertiary/aromatic N) is 6. The summed E-state index contributed by atoms with van der Waals surface area (Å²) in [6.07, 6.45) is 1.73. The van der Waals surface area contributed by atoms with E-state index in [0.29, 0.717) is 29.8 Å². The van der Waals surface area contributed by atoms with E-state index < -0.39 is 0 Å². The number of carbonyl (C=O) groups excluding carboxylic acids is 1. The first-order valence-electron chi connectivity index (χ1n) is 8.13. The molecule has 2 aromatic heterocycles. The molecule has 0 N–H and O–H groups in total. The Kier molecular flexibility index (Phi) is 4.46. The lowest BCUT2D eigenvalue weighted by Crippen LogP contribution is -2.32. The number of amides is 1. The standard InChI is InChI=1S/C16H22N6O2/c1-10(2)15-17-14(20-24-15)12-6-5-9-22(12)16(23)11-7-8-13(19-18-11)21(3)4/h7-8,10,12H,5-6,9H2,1-4H3. The van der Waals surface area contributed by atoms with Crippen molar-refractivity contribution in [2.24, 2.45) is 0 Å². The van der Waals surface area contributed by atoms with Gasteiger partial charge in [0.2, 0.25) is 5.89 Å². The molecule has 0 aromatic carbocycles. The van der Waals surface area contributed by atoms with Crippen LogP contribution in [0.4, 0.5) is 5.82 Å². The van der Waals surface area contributed by atoms with Crippen LogP contribution >= 0.6 is 0 Å². The van der Waals surface area contributed by atoms with Gasteiger partial charge in [-0.2, -0.15) is 4.98 Å². The maximum atomic E-state index is 12.8. The maximum Gasteiger partial charge on any atom is 0.274 e. The third-order valence-corrected chi connectivity index (χ3v) is 4.09. The molecule has 1 amide bonds. The van der Waals surface area contributed by atoms with Crippen LogP contribution in [-0.4, -0.2) is 51.8 Å². The van der Waals surface area contributed by atoms with E-state index in [9.17, 15) is 4.79 Å². The van der Waals surface area contributed by atoms with Gasteiger partial charge in [-0.1, -0.05) is 19.0 Å². The van der Waals surface area contributed by atoms with Crippen molar-refractivity contribution in [2.75, 3.05) is 25.5 Å². The summed E-state index contributed by atoms with van der Waals surface area (Å²) in [5.41, 5.74) is 0.333. The first-order valence-corrected chi connectivity index (χ1v) is 8.13. The van der Waals surface area contributed by atoms with Crippen molar-refractivity contribution in [1.82, 2.24) is 25.2 Å². The summed E-state index contributed by atoms with van der Waals surface area (Å²) in [5, 5.41) is 12.2. The van der Waals surface area contributed by atoms with Gasteiger partial charge in [0.15, 0.2) is 17.3 Å². The van der Waals surface area contributed by atoms with E-state index in [2.05, 4.69) is 20.3 Å². The van der Waals surface area contributed by atoms with Gasteiger partial charge in [-0.3, -0.25) is 4.79 Å². The van der Waals surface area contributed by atoms with Gasteiger partial charge in [-0.15, -0.1) is 10.2 Å². The molecule has 1 aliphatic rings. The molecule has 1 saturated heterocycles. The Balaban J connectivity index is 1.80. The molecule has 3 heterocycles. The summed E-state index contributed by atoms with van der Waals surface area (Å²) in [6.45, 7) is 4.65. The van der Waals surface area contributed by atoms with E-state index in [1.54, 1.807) is 17.0 Å². The van der Waals surface area contributed by atoms with E-state index in [0.717, 1.165) is 12.8 Å². The topological polar surface area (TPSA) is 88.3 Å². The molecule has 24 heavy (non-hydrogen) atoms. The average Bonchev–Trinajstić information content (AvgIpc) is 3.23. The molecule has 0 saturated carbocycles. The Bertz CT molecular complexity index is 710. The summed E-state index contributed by atoms with van der Waals surface area (Å²) in [7, 11) is 3.76. The molecule has 1 fully saturated rings. The van der Waals surface area contributed by atoms with Crippen LogP contribution in [0.25, 0.3) is 0 Å². The number of hydrogen-bond donors (Lipinski definition) is 0. The highest BCUT2D eigenvalue weighted by molar-refractivity contribution is 5.92. The number of likely N-dealkylation sites (tertiary alicyclic amines) is 1. The van der Waals surface area contributed by atoms with Crippen LogP contribution in [0.1, 0.15) is 60.9 Å². The smallest absolute Gasteiger partial charge is 0.274 e. The first-order chi connectivity index (χ1) is 11.5. The molecule has 0 aliphatic carbocycles. The Hall–Kier alpha value is -2.51. The summed E-state index contributed by atoms with van der Waals surface area (Å²) in [4.78, 5) is 20.8. The van der Waals surface area contributed by atoms with E-state index in [-0.39, 0.29) is 17.9 Å². The minimum atomic E-state index is -0.163. The zero-order valence-electron chi connectivity index (χ0n) is 14.4. The van der Waals surface area contributed by atoms with E-state index in [1.807, 2.05) is 32.8 Å². The van der Waals surface area contributed by atoms with Gasteiger partial charge in [0, 0.05) is 26.6 Å². The predicted molar refractivity (Wildman–Crippen MR) is 87.8 cm³/mol. The molecule has 0 bridgehead atoms. The van der Waals surface area contributed by atoms with E-state index >= 15 is 0 Å². The fourth-order valence-corrected chi connectivity index (χ4v) is 2.72. The van der Waals surface area contributed by atoms with Crippen LogP contribution in [0.2, 0.25) is 0 Å². The molecule has 1 unspecified atom stereocenters. The lowest BCUT2D eigenvalue weighted by Gasteiger charge is -2.21. The predicted octanol–water partition coefficient (Wildman–Crippen LogP) is 2.03. The highest BCUT2D eigenvalue weighted by atomic mass is 16.5. The minimum absolute atomic E-state index is 0.147. The summed E-state index contributed by atoms with van der Waals surface area (Å²) in [6, 6.07) is 3.33. The second-order valence-corrected chi connectivity index (χ2v) is 6.47.